The fourth-order valence-electron chi connectivity index (χ4n) is 3.21. The second-order valence-electron chi connectivity index (χ2n) is 7.58. The second-order valence-corrected chi connectivity index (χ2v) is 7.58. The van der Waals surface area contributed by atoms with Crippen LogP contribution in [0.15, 0.2) is 46.6 Å². The van der Waals surface area contributed by atoms with E-state index in [0.717, 1.165) is 19.4 Å². The van der Waals surface area contributed by atoms with E-state index >= 15 is 0 Å². The molecule has 134 valence electrons. The van der Waals surface area contributed by atoms with E-state index in [1.165, 1.54) is 16.8 Å². The van der Waals surface area contributed by atoms with E-state index in [1.807, 2.05) is 38.0 Å². The van der Waals surface area contributed by atoms with Crippen LogP contribution in [0.5, 0.6) is 0 Å². The van der Waals surface area contributed by atoms with Crippen LogP contribution in [0.4, 0.5) is 4.79 Å². The lowest BCUT2D eigenvalue weighted by molar-refractivity contribution is 0.0257. The van der Waals surface area contributed by atoms with E-state index in [4.69, 9.17) is 4.74 Å². The van der Waals surface area contributed by atoms with Gasteiger partial charge in [0.05, 0.1) is 0 Å². The fourth-order valence-corrected chi connectivity index (χ4v) is 3.21. The number of carbonyl (C=O) groups excluding carboxylic acids is 1. The van der Waals surface area contributed by atoms with Gasteiger partial charge in [-0.3, -0.25) is 4.99 Å². The third kappa shape index (κ3) is 4.62. The van der Waals surface area contributed by atoms with Crippen LogP contribution >= 0.6 is 0 Å². The highest BCUT2D eigenvalue weighted by Gasteiger charge is 2.27. The third-order valence-corrected chi connectivity index (χ3v) is 4.39. The summed E-state index contributed by atoms with van der Waals surface area (Å²) in [6, 6.07) is 10.4. The highest BCUT2D eigenvalue weighted by molar-refractivity contribution is 5.81. The minimum Gasteiger partial charge on any atom is -0.444 e. The van der Waals surface area contributed by atoms with Crippen LogP contribution in [0.25, 0.3) is 0 Å². The highest BCUT2D eigenvalue weighted by atomic mass is 16.6. The van der Waals surface area contributed by atoms with Gasteiger partial charge in [-0.25, -0.2) is 4.79 Å². The molecule has 1 aromatic rings. The van der Waals surface area contributed by atoms with E-state index in [2.05, 4.69) is 34.2 Å². The van der Waals surface area contributed by atoms with Gasteiger partial charge in [0, 0.05) is 38.0 Å². The normalized spacial score (nSPS) is 18.0. The third-order valence-electron chi connectivity index (χ3n) is 4.39. The number of rotatable bonds is 2. The number of hydrogen-bond donors (Lipinski definition) is 0. The molecule has 5 nitrogen and oxygen atoms in total. The van der Waals surface area contributed by atoms with Crippen molar-refractivity contribution in [3.8, 4) is 0 Å². The van der Waals surface area contributed by atoms with Crippen LogP contribution in [0.1, 0.15) is 39.2 Å². The summed E-state index contributed by atoms with van der Waals surface area (Å²) in [6.45, 7) is 8.61. The lowest BCUT2D eigenvalue weighted by atomic mass is 10.1. The fraction of sp³-hybridized carbons (Fsp3) is 0.500. The molecule has 0 aromatic heterocycles. The number of amides is 1. The minimum absolute atomic E-state index is 0.223. The maximum Gasteiger partial charge on any atom is 0.410 e. The molecular formula is C20H27N3O2. The van der Waals surface area contributed by atoms with Gasteiger partial charge in [0.25, 0.3) is 0 Å². The zero-order valence-electron chi connectivity index (χ0n) is 15.4. The number of ether oxygens (including phenoxy) is 1. The standard InChI is InChI=1S/C20H27N3O2/c1-20(2,3)25-19(24)22-11-9-17-13-21-15-23(18(17)10-12-22)14-16-7-5-4-6-8-16/h4-8,13H,9-12,14-15H2,1-3H3. The zero-order chi connectivity index (χ0) is 17.9. The van der Waals surface area contributed by atoms with Crippen LogP contribution in [0.2, 0.25) is 0 Å². The summed E-state index contributed by atoms with van der Waals surface area (Å²) in [6.07, 6.45) is 3.42. The van der Waals surface area contributed by atoms with Crippen molar-refractivity contribution in [3.63, 3.8) is 0 Å². The van der Waals surface area contributed by atoms with Crippen molar-refractivity contribution in [1.82, 2.24) is 9.80 Å². The first-order chi connectivity index (χ1) is 11.9. The monoisotopic (exact) mass is 341 g/mol. The lowest BCUT2D eigenvalue weighted by Crippen LogP contribution is -2.37. The molecule has 0 saturated heterocycles. The Balaban J connectivity index is 1.68. The van der Waals surface area contributed by atoms with Crippen molar-refractivity contribution in [3.05, 3.63) is 47.2 Å². The number of aliphatic imine (C=N–C) groups is 1. The van der Waals surface area contributed by atoms with E-state index in [-0.39, 0.29) is 6.09 Å². The average molecular weight is 341 g/mol. The topological polar surface area (TPSA) is 45.1 Å². The molecule has 0 fully saturated rings. The van der Waals surface area contributed by atoms with Gasteiger partial charge in [-0.15, -0.1) is 0 Å². The Labute approximate surface area is 150 Å². The summed E-state index contributed by atoms with van der Waals surface area (Å²) < 4.78 is 5.53. The predicted molar refractivity (Wildman–Crippen MR) is 99.4 cm³/mol. The molecule has 1 amide bonds. The smallest absolute Gasteiger partial charge is 0.410 e. The van der Waals surface area contributed by atoms with Gasteiger partial charge in [-0.05, 0) is 38.3 Å². The zero-order valence-corrected chi connectivity index (χ0v) is 15.4. The molecule has 0 unspecified atom stereocenters. The minimum atomic E-state index is -0.461. The molecule has 0 atom stereocenters. The molecule has 2 aliphatic rings. The lowest BCUT2D eigenvalue weighted by Gasteiger charge is -2.30. The molecule has 5 heteroatoms. The van der Waals surface area contributed by atoms with Gasteiger partial charge in [-0.2, -0.15) is 0 Å². The maximum absolute atomic E-state index is 12.4. The Morgan fingerprint density at radius 1 is 1.16 bits per heavy atom. The molecule has 0 spiro atoms. The highest BCUT2D eigenvalue weighted by Crippen LogP contribution is 2.26. The molecule has 0 aliphatic carbocycles. The van der Waals surface area contributed by atoms with Gasteiger partial charge < -0.3 is 14.5 Å². The van der Waals surface area contributed by atoms with Gasteiger partial charge in [0.1, 0.15) is 12.3 Å². The summed E-state index contributed by atoms with van der Waals surface area (Å²) in [7, 11) is 0. The summed E-state index contributed by atoms with van der Waals surface area (Å²) in [5, 5.41) is 0. The quantitative estimate of drug-likeness (QED) is 0.821. The Hall–Kier alpha value is -2.30. The molecule has 25 heavy (non-hydrogen) atoms. The summed E-state index contributed by atoms with van der Waals surface area (Å²) in [5.41, 5.74) is 3.37. The molecule has 0 radical (unpaired) electrons. The van der Waals surface area contributed by atoms with E-state index in [0.29, 0.717) is 19.8 Å². The maximum atomic E-state index is 12.4. The molecule has 3 rings (SSSR count). The number of nitrogens with zero attached hydrogens (tertiary/aromatic N) is 3. The summed E-state index contributed by atoms with van der Waals surface area (Å²) in [5.74, 6) is 0. The van der Waals surface area contributed by atoms with Crippen molar-refractivity contribution in [2.75, 3.05) is 19.8 Å². The van der Waals surface area contributed by atoms with Gasteiger partial charge in [0.2, 0.25) is 0 Å². The largest absolute Gasteiger partial charge is 0.444 e. The Kier molecular flexibility index (Phi) is 5.11. The van der Waals surface area contributed by atoms with E-state index in [9.17, 15) is 4.79 Å². The van der Waals surface area contributed by atoms with Gasteiger partial charge >= 0.3 is 6.09 Å². The first kappa shape index (κ1) is 17.5. The second kappa shape index (κ2) is 7.30. The number of carbonyl (C=O) groups is 1. The van der Waals surface area contributed by atoms with Crippen molar-refractivity contribution in [1.29, 1.82) is 0 Å². The Bertz CT molecular complexity index is 674. The summed E-state index contributed by atoms with van der Waals surface area (Å²) >= 11 is 0. The predicted octanol–water partition coefficient (Wildman–Crippen LogP) is 3.82. The van der Waals surface area contributed by atoms with Crippen LogP contribution in [-0.2, 0) is 11.3 Å². The van der Waals surface area contributed by atoms with Crippen molar-refractivity contribution in [2.45, 2.75) is 45.8 Å². The molecule has 0 bridgehead atoms. The average Bonchev–Trinajstić information content (AvgIpc) is 2.78. The first-order valence-corrected chi connectivity index (χ1v) is 8.91. The number of hydrogen-bond acceptors (Lipinski definition) is 4. The van der Waals surface area contributed by atoms with Crippen LogP contribution in [0.3, 0.4) is 0 Å². The molecule has 2 aliphatic heterocycles. The SMILES string of the molecule is CC(C)(C)OC(=O)N1CCC2=C(CC1)N(Cc1ccccc1)CN=C2. The Morgan fingerprint density at radius 3 is 2.60 bits per heavy atom. The van der Waals surface area contributed by atoms with Crippen molar-refractivity contribution >= 4 is 12.3 Å². The van der Waals surface area contributed by atoms with E-state index in [1.54, 1.807) is 0 Å². The van der Waals surface area contributed by atoms with Gasteiger partial charge in [0.15, 0.2) is 0 Å². The number of benzene rings is 1. The summed E-state index contributed by atoms with van der Waals surface area (Å²) in [4.78, 5) is 21.0. The van der Waals surface area contributed by atoms with Crippen LogP contribution < -0.4 is 0 Å². The van der Waals surface area contributed by atoms with Gasteiger partial charge in [-0.1, -0.05) is 30.3 Å². The molecule has 0 N–H and O–H groups in total. The van der Waals surface area contributed by atoms with Crippen LogP contribution in [0, 0.1) is 0 Å². The first-order valence-electron chi connectivity index (χ1n) is 8.91. The Morgan fingerprint density at radius 2 is 1.88 bits per heavy atom. The van der Waals surface area contributed by atoms with Crippen molar-refractivity contribution in [2.24, 2.45) is 4.99 Å². The van der Waals surface area contributed by atoms with Crippen molar-refractivity contribution < 1.29 is 9.53 Å². The molecule has 2 heterocycles. The molecule has 1 aromatic carbocycles. The molecule has 0 saturated carbocycles. The van der Waals surface area contributed by atoms with E-state index < -0.39 is 5.60 Å². The van der Waals surface area contributed by atoms with Crippen LogP contribution in [-0.4, -0.2) is 47.5 Å². The molecular weight excluding hydrogens is 314 g/mol.